The summed E-state index contributed by atoms with van der Waals surface area (Å²) < 4.78 is 39.7. The molecular weight excluding hydrogens is 626 g/mol. The minimum atomic E-state index is -0.506. The van der Waals surface area contributed by atoms with Crippen LogP contribution >= 0.6 is 0 Å². The summed E-state index contributed by atoms with van der Waals surface area (Å²) in [5.74, 6) is 3.28. The molecule has 4 aliphatic heterocycles. The average Bonchev–Trinajstić information content (AvgIpc) is 3.33. The highest BCUT2D eigenvalue weighted by Crippen LogP contribution is 2.65. The van der Waals surface area contributed by atoms with Gasteiger partial charge in [-0.15, -0.1) is 0 Å². The van der Waals surface area contributed by atoms with E-state index in [-0.39, 0.29) is 30.3 Å². The third-order valence-electron chi connectivity index (χ3n) is 10.9. The molecule has 4 aliphatic rings. The molecule has 3 aromatic carbocycles. The maximum Gasteiger partial charge on any atom is 0.330 e. The van der Waals surface area contributed by atoms with Gasteiger partial charge in [0.15, 0.2) is 23.0 Å². The molecule has 0 bridgehead atoms. The molecule has 49 heavy (non-hydrogen) atoms. The molecule has 7 rings (SSSR count). The Labute approximate surface area is 286 Å². The van der Waals surface area contributed by atoms with Crippen LogP contribution in [-0.2, 0) is 21.5 Å². The molecule has 0 aliphatic carbocycles. The molecular formula is C38H41N3O8. The summed E-state index contributed by atoms with van der Waals surface area (Å²) in [7, 11) is 9.68. The summed E-state index contributed by atoms with van der Waals surface area (Å²) >= 11 is 0. The standard InChI is InChI=1S/C38H41N3O8/c1-38-18-28-29(19-39)40-27(37(41(28)38)25-16-34(47-6)35(48-7)17-26(25)38)12-22-13-32(45-4)33(46-5)15-24(22)30(40)20-49-36(42)11-9-21-8-10-23(43-2)14-31(21)44-3/h8-11,13-17,27-30,37H,12,18,20H2,1-7H3/b11-9+/t27-,28-,29-,30-,37+,38?/m0/s1. The second-order valence-corrected chi connectivity index (χ2v) is 13.0. The van der Waals surface area contributed by atoms with Crippen LogP contribution in [0, 0.1) is 11.3 Å². The molecule has 0 amide bonds. The fraction of sp³-hybridized carbons (Fsp3) is 0.421. The number of nitriles is 1. The quantitative estimate of drug-likeness (QED) is 0.210. The lowest BCUT2D eigenvalue weighted by molar-refractivity contribution is -0.184. The zero-order valence-electron chi connectivity index (χ0n) is 28.8. The average molecular weight is 668 g/mol. The highest BCUT2D eigenvalue weighted by Gasteiger charge is 2.68. The van der Waals surface area contributed by atoms with Gasteiger partial charge in [-0.2, -0.15) is 5.26 Å². The van der Waals surface area contributed by atoms with Crippen molar-refractivity contribution in [2.75, 3.05) is 49.3 Å². The fourth-order valence-electron chi connectivity index (χ4n) is 8.71. The Morgan fingerprint density at radius 3 is 2.16 bits per heavy atom. The second-order valence-electron chi connectivity index (χ2n) is 13.0. The molecule has 11 heteroatoms. The van der Waals surface area contributed by atoms with Crippen molar-refractivity contribution >= 4 is 12.0 Å². The van der Waals surface area contributed by atoms with Gasteiger partial charge in [0.25, 0.3) is 0 Å². The van der Waals surface area contributed by atoms with Crippen molar-refractivity contribution < 1.29 is 38.0 Å². The monoisotopic (exact) mass is 667 g/mol. The van der Waals surface area contributed by atoms with Crippen molar-refractivity contribution in [3.05, 3.63) is 76.4 Å². The van der Waals surface area contributed by atoms with Crippen LogP contribution in [0.4, 0.5) is 0 Å². The normalized spacial score (nSPS) is 26.3. The zero-order chi connectivity index (χ0) is 34.6. The van der Waals surface area contributed by atoms with Crippen LogP contribution in [0.25, 0.3) is 6.08 Å². The van der Waals surface area contributed by atoms with E-state index in [1.165, 1.54) is 17.2 Å². The minimum absolute atomic E-state index is 0.0111. The summed E-state index contributed by atoms with van der Waals surface area (Å²) in [5, 5.41) is 10.8. The molecule has 2 saturated heterocycles. The third kappa shape index (κ3) is 4.96. The van der Waals surface area contributed by atoms with Crippen LogP contribution in [0.5, 0.6) is 34.5 Å². The first-order valence-electron chi connectivity index (χ1n) is 16.3. The molecule has 11 nitrogen and oxygen atoms in total. The van der Waals surface area contributed by atoms with Gasteiger partial charge in [-0.1, -0.05) is 0 Å². The van der Waals surface area contributed by atoms with Gasteiger partial charge >= 0.3 is 5.97 Å². The van der Waals surface area contributed by atoms with Crippen molar-refractivity contribution in [3.8, 4) is 40.6 Å². The first kappa shape index (κ1) is 32.6. The highest BCUT2D eigenvalue weighted by molar-refractivity contribution is 5.87. The predicted octanol–water partition coefficient (Wildman–Crippen LogP) is 5.21. The van der Waals surface area contributed by atoms with Gasteiger partial charge in [0.05, 0.1) is 60.8 Å². The van der Waals surface area contributed by atoms with Crippen molar-refractivity contribution in [1.29, 1.82) is 5.26 Å². The summed E-state index contributed by atoms with van der Waals surface area (Å²) in [5.41, 5.74) is 4.85. The van der Waals surface area contributed by atoms with E-state index in [4.69, 9.17) is 33.2 Å². The Kier molecular flexibility index (Phi) is 8.33. The van der Waals surface area contributed by atoms with Crippen molar-refractivity contribution in [1.82, 2.24) is 9.80 Å². The van der Waals surface area contributed by atoms with Gasteiger partial charge in [0, 0.05) is 35.3 Å². The van der Waals surface area contributed by atoms with Crippen molar-refractivity contribution in [2.45, 2.75) is 55.5 Å². The first-order chi connectivity index (χ1) is 23.7. The minimum Gasteiger partial charge on any atom is -0.497 e. The molecule has 0 saturated carbocycles. The first-order valence-corrected chi connectivity index (χ1v) is 16.3. The fourth-order valence-corrected chi connectivity index (χ4v) is 8.71. The van der Waals surface area contributed by atoms with Gasteiger partial charge in [-0.05, 0) is 84.5 Å². The van der Waals surface area contributed by atoms with Crippen LogP contribution in [0.1, 0.15) is 53.2 Å². The Bertz CT molecular complexity index is 1870. The summed E-state index contributed by atoms with van der Waals surface area (Å²) in [6.45, 7) is 2.29. The highest BCUT2D eigenvalue weighted by atomic mass is 16.5. The summed E-state index contributed by atoms with van der Waals surface area (Å²) in [4.78, 5) is 18.1. The van der Waals surface area contributed by atoms with E-state index < -0.39 is 18.1 Å². The Balaban J connectivity index is 1.28. The molecule has 0 spiro atoms. The van der Waals surface area contributed by atoms with Crippen LogP contribution < -0.4 is 28.4 Å². The van der Waals surface area contributed by atoms with E-state index in [1.54, 1.807) is 60.9 Å². The van der Waals surface area contributed by atoms with Crippen LogP contribution in [-0.4, -0.2) is 83.2 Å². The maximum atomic E-state index is 13.3. The number of piperazine rings is 1. The number of rotatable bonds is 10. The van der Waals surface area contributed by atoms with Gasteiger partial charge in [-0.3, -0.25) is 9.80 Å². The second kappa shape index (κ2) is 12.5. The number of nitrogens with zero attached hydrogens (tertiary/aromatic N) is 3. The molecule has 256 valence electrons. The van der Waals surface area contributed by atoms with E-state index in [1.807, 2.05) is 18.2 Å². The summed E-state index contributed by atoms with van der Waals surface area (Å²) in [6, 6.07) is 15.2. The number of hydrogen-bond acceptors (Lipinski definition) is 11. The molecule has 0 aromatic heterocycles. The number of carbonyl (C=O) groups excluding carboxylic acids is 1. The van der Waals surface area contributed by atoms with Crippen molar-refractivity contribution in [3.63, 3.8) is 0 Å². The summed E-state index contributed by atoms with van der Waals surface area (Å²) in [6.07, 6.45) is 4.53. The van der Waals surface area contributed by atoms with E-state index in [0.717, 1.165) is 17.5 Å². The lowest BCUT2D eigenvalue weighted by atomic mass is 9.71. The van der Waals surface area contributed by atoms with E-state index in [2.05, 4.69) is 34.9 Å². The van der Waals surface area contributed by atoms with E-state index >= 15 is 0 Å². The van der Waals surface area contributed by atoms with Crippen LogP contribution in [0.2, 0.25) is 0 Å². The number of methoxy groups -OCH3 is 6. The number of ether oxygens (including phenoxy) is 7. The van der Waals surface area contributed by atoms with Gasteiger partial charge in [0.2, 0.25) is 0 Å². The molecule has 4 heterocycles. The number of carbonyl (C=O) groups is 1. The van der Waals surface area contributed by atoms with Crippen LogP contribution in [0.15, 0.2) is 48.5 Å². The SMILES string of the molecule is COc1ccc(/C=C/C(=O)OC[C@H]2c3cc(OC)c(OC)cc3C[C@H]3[C@H]4c5cc(OC)c(OC)cc5C5(C)C[C@@H]([C@H](C#N)N23)N45)c(OC)c1. The van der Waals surface area contributed by atoms with Gasteiger partial charge in [0.1, 0.15) is 24.1 Å². The smallest absolute Gasteiger partial charge is 0.330 e. The molecule has 0 radical (unpaired) electrons. The third-order valence-corrected chi connectivity index (χ3v) is 10.9. The molecule has 2 fully saturated rings. The Morgan fingerprint density at radius 1 is 0.857 bits per heavy atom. The molecule has 1 unspecified atom stereocenters. The topological polar surface area (TPSA) is 112 Å². The van der Waals surface area contributed by atoms with Crippen LogP contribution in [0.3, 0.4) is 0 Å². The molecule has 6 atom stereocenters. The predicted molar refractivity (Wildman–Crippen MR) is 180 cm³/mol. The van der Waals surface area contributed by atoms with Crippen molar-refractivity contribution in [2.24, 2.45) is 0 Å². The number of fused-ring (bicyclic) bond motifs is 6. The number of benzene rings is 3. The van der Waals surface area contributed by atoms with E-state index in [0.29, 0.717) is 46.5 Å². The number of hydrogen-bond donors (Lipinski definition) is 0. The Morgan fingerprint density at radius 2 is 1.51 bits per heavy atom. The lowest BCUT2D eigenvalue weighted by Gasteiger charge is -2.65. The lowest BCUT2D eigenvalue weighted by Crippen LogP contribution is -2.74. The van der Waals surface area contributed by atoms with Gasteiger partial charge < -0.3 is 33.2 Å². The molecule has 0 N–H and O–H groups in total. The zero-order valence-corrected chi connectivity index (χ0v) is 28.8. The largest absolute Gasteiger partial charge is 0.497 e. The maximum absolute atomic E-state index is 13.3. The van der Waals surface area contributed by atoms with E-state index in [9.17, 15) is 10.1 Å². The Hall–Kier alpha value is -4.92. The molecule has 3 aromatic rings. The van der Waals surface area contributed by atoms with Gasteiger partial charge in [-0.25, -0.2) is 4.79 Å². The number of esters is 1.